The van der Waals surface area contributed by atoms with Gasteiger partial charge in [0.05, 0.1) is 12.1 Å². The Labute approximate surface area is 214 Å². The largest absolute Gasteiger partial charge is 0.494 e. The predicted molar refractivity (Wildman–Crippen MR) is 142 cm³/mol. The van der Waals surface area contributed by atoms with Crippen LogP contribution >= 0.6 is 11.3 Å². The van der Waals surface area contributed by atoms with Crippen LogP contribution in [0.4, 0.5) is 5.69 Å². The summed E-state index contributed by atoms with van der Waals surface area (Å²) in [6.45, 7) is 8.35. The molecule has 2 amide bonds. The Kier molecular flexibility index (Phi) is 7.69. The molecule has 0 aliphatic rings. The van der Waals surface area contributed by atoms with E-state index in [1.54, 1.807) is 21.7 Å². The number of hydrogen-bond acceptors (Lipinski definition) is 6. The highest BCUT2D eigenvalue weighted by atomic mass is 32.1. The van der Waals surface area contributed by atoms with Gasteiger partial charge in [0.15, 0.2) is 0 Å². The molecule has 2 aromatic carbocycles. The van der Waals surface area contributed by atoms with E-state index in [1.165, 1.54) is 11.3 Å². The summed E-state index contributed by atoms with van der Waals surface area (Å²) in [6.07, 6.45) is 0.748. The first-order valence-corrected chi connectivity index (χ1v) is 12.9. The molecular formula is C27H31N5O3S. The molecule has 0 fully saturated rings. The summed E-state index contributed by atoms with van der Waals surface area (Å²) in [5, 5.41) is 13.4. The molecule has 0 aliphatic carbocycles. The van der Waals surface area contributed by atoms with Crippen LogP contribution in [0.3, 0.4) is 0 Å². The third-order valence-electron chi connectivity index (χ3n) is 6.06. The van der Waals surface area contributed by atoms with Gasteiger partial charge >= 0.3 is 0 Å². The van der Waals surface area contributed by atoms with E-state index in [-0.39, 0.29) is 18.4 Å². The molecule has 0 unspecified atom stereocenters. The van der Waals surface area contributed by atoms with Crippen molar-refractivity contribution in [3.05, 3.63) is 70.9 Å². The lowest BCUT2D eigenvalue weighted by Gasteiger charge is -2.34. The molecule has 0 saturated carbocycles. The molecule has 4 aromatic rings. The summed E-state index contributed by atoms with van der Waals surface area (Å²) in [5.41, 5.74) is 1.62. The van der Waals surface area contributed by atoms with Crippen molar-refractivity contribution in [3.63, 3.8) is 0 Å². The van der Waals surface area contributed by atoms with E-state index in [2.05, 4.69) is 15.6 Å². The van der Waals surface area contributed by atoms with Crippen molar-refractivity contribution in [1.29, 1.82) is 0 Å². The third kappa shape index (κ3) is 5.57. The number of aromatic nitrogens is 3. The lowest BCUT2D eigenvalue weighted by atomic mass is 10.0. The van der Waals surface area contributed by atoms with Crippen molar-refractivity contribution < 1.29 is 14.3 Å². The Hall–Kier alpha value is -3.72. The quantitative estimate of drug-likeness (QED) is 0.329. The highest BCUT2D eigenvalue weighted by molar-refractivity contribution is 7.10. The summed E-state index contributed by atoms with van der Waals surface area (Å²) >= 11 is 1.44. The van der Waals surface area contributed by atoms with Gasteiger partial charge < -0.3 is 10.1 Å². The van der Waals surface area contributed by atoms with Crippen LogP contribution in [0.2, 0.25) is 0 Å². The fourth-order valence-corrected chi connectivity index (χ4v) is 4.67. The number of nitrogens with zero attached hydrogens (tertiary/aromatic N) is 4. The van der Waals surface area contributed by atoms with Crippen LogP contribution < -0.4 is 15.0 Å². The number of carbonyl (C=O) groups excluding carboxylic acids is 2. The Morgan fingerprint density at radius 3 is 2.50 bits per heavy atom. The van der Waals surface area contributed by atoms with E-state index in [0.717, 1.165) is 16.8 Å². The number of amides is 2. The third-order valence-corrected chi connectivity index (χ3v) is 6.99. The van der Waals surface area contributed by atoms with Crippen LogP contribution in [0.5, 0.6) is 5.75 Å². The van der Waals surface area contributed by atoms with E-state index in [4.69, 9.17) is 4.74 Å². The minimum absolute atomic E-state index is 0.0694. The molecule has 9 heteroatoms. The fraction of sp³-hybridized carbons (Fsp3) is 0.333. The second-order valence-electron chi connectivity index (χ2n) is 9.07. The van der Waals surface area contributed by atoms with Crippen molar-refractivity contribution in [1.82, 2.24) is 20.3 Å². The number of nitrogens with one attached hydrogen (secondary N) is 1. The van der Waals surface area contributed by atoms with Crippen LogP contribution in [0.25, 0.3) is 11.0 Å². The van der Waals surface area contributed by atoms with Crippen molar-refractivity contribution in [2.45, 2.75) is 52.2 Å². The van der Waals surface area contributed by atoms with Crippen molar-refractivity contribution in [2.24, 2.45) is 0 Å². The lowest BCUT2D eigenvalue weighted by molar-refractivity contribution is -0.128. The minimum Gasteiger partial charge on any atom is -0.494 e. The standard InChI is InChI=1S/C27H31N5O3S/c1-5-27(3,4)28-26(34)25(23-12-9-17-36-23)32(19-13-15-20(16-14-19)35-6-2)24(33)18-31-22-11-8-7-10-21(22)29-30-31/h7-17,25H,5-6,18H2,1-4H3,(H,28,34)/t25-/m0/s1. The Morgan fingerprint density at radius 1 is 1.08 bits per heavy atom. The van der Waals surface area contributed by atoms with Gasteiger partial charge in [-0.1, -0.05) is 30.3 Å². The van der Waals surface area contributed by atoms with Gasteiger partial charge in [0.2, 0.25) is 11.8 Å². The molecule has 8 nitrogen and oxygen atoms in total. The van der Waals surface area contributed by atoms with Gasteiger partial charge in [-0.2, -0.15) is 0 Å². The summed E-state index contributed by atoms with van der Waals surface area (Å²) in [6, 6.07) is 17.6. The van der Waals surface area contributed by atoms with Crippen molar-refractivity contribution in [2.75, 3.05) is 11.5 Å². The average Bonchev–Trinajstić information content (AvgIpc) is 3.53. The smallest absolute Gasteiger partial charge is 0.249 e. The Morgan fingerprint density at radius 2 is 1.83 bits per heavy atom. The first-order chi connectivity index (χ1) is 17.3. The van der Waals surface area contributed by atoms with E-state index < -0.39 is 11.6 Å². The first-order valence-electron chi connectivity index (χ1n) is 12.0. The molecule has 2 aromatic heterocycles. The van der Waals surface area contributed by atoms with Gasteiger partial charge in [-0.15, -0.1) is 16.4 Å². The van der Waals surface area contributed by atoms with Gasteiger partial charge in [-0.3, -0.25) is 14.5 Å². The maximum Gasteiger partial charge on any atom is 0.249 e. The van der Waals surface area contributed by atoms with E-state index in [9.17, 15) is 9.59 Å². The second kappa shape index (κ2) is 10.9. The van der Waals surface area contributed by atoms with Crippen molar-refractivity contribution >= 4 is 39.9 Å². The zero-order valence-corrected chi connectivity index (χ0v) is 21.8. The normalized spacial score (nSPS) is 12.3. The molecule has 188 valence electrons. The zero-order chi connectivity index (χ0) is 25.7. The molecular weight excluding hydrogens is 474 g/mol. The monoisotopic (exact) mass is 505 g/mol. The molecule has 0 aliphatic heterocycles. The summed E-state index contributed by atoms with van der Waals surface area (Å²) in [5.74, 6) is 0.174. The lowest BCUT2D eigenvalue weighted by Crippen LogP contribution is -2.50. The van der Waals surface area contributed by atoms with E-state index >= 15 is 0 Å². The number of carbonyl (C=O) groups is 2. The predicted octanol–water partition coefficient (Wildman–Crippen LogP) is 4.97. The molecule has 36 heavy (non-hydrogen) atoms. The zero-order valence-electron chi connectivity index (χ0n) is 21.0. The highest BCUT2D eigenvalue weighted by Gasteiger charge is 2.36. The van der Waals surface area contributed by atoms with Crippen molar-refractivity contribution in [3.8, 4) is 5.75 Å². The Balaban J connectivity index is 1.77. The number of hydrogen-bond donors (Lipinski definition) is 1. The molecule has 2 heterocycles. The maximum absolute atomic E-state index is 14.0. The number of ether oxygens (including phenoxy) is 1. The SMILES string of the molecule is CCOc1ccc(N(C(=O)Cn2nnc3ccccc32)[C@H](C(=O)NC(C)(C)CC)c2cccs2)cc1. The number of rotatable bonds is 10. The summed E-state index contributed by atoms with van der Waals surface area (Å²) in [4.78, 5) is 30.1. The second-order valence-corrected chi connectivity index (χ2v) is 10.1. The number of thiophene rings is 1. The topological polar surface area (TPSA) is 89.3 Å². The van der Waals surface area contributed by atoms with Gasteiger partial charge in [-0.25, -0.2) is 4.68 Å². The molecule has 0 spiro atoms. The molecule has 0 radical (unpaired) electrons. The number of anilines is 1. The highest BCUT2D eigenvalue weighted by Crippen LogP contribution is 2.33. The minimum atomic E-state index is -0.851. The molecule has 1 atom stereocenters. The Bertz CT molecular complexity index is 1310. The van der Waals surface area contributed by atoms with Gasteiger partial charge in [0.1, 0.15) is 23.9 Å². The van der Waals surface area contributed by atoms with Gasteiger partial charge in [-0.05, 0) is 75.0 Å². The first kappa shape index (κ1) is 25.4. The number of fused-ring (bicyclic) bond motifs is 1. The van der Waals surface area contributed by atoms with E-state index in [0.29, 0.717) is 23.6 Å². The summed E-state index contributed by atoms with van der Waals surface area (Å²) in [7, 11) is 0. The fourth-order valence-electron chi connectivity index (χ4n) is 3.86. The molecule has 0 saturated heterocycles. The van der Waals surface area contributed by atoms with Gasteiger partial charge in [0.25, 0.3) is 0 Å². The van der Waals surface area contributed by atoms with Gasteiger partial charge in [0, 0.05) is 16.1 Å². The maximum atomic E-state index is 14.0. The van der Waals surface area contributed by atoms with Crippen LogP contribution in [0.1, 0.15) is 45.0 Å². The van der Waals surface area contributed by atoms with Crippen LogP contribution in [-0.4, -0.2) is 39.0 Å². The number of benzene rings is 2. The van der Waals surface area contributed by atoms with Crippen LogP contribution in [0, 0.1) is 0 Å². The molecule has 4 rings (SSSR count). The average molecular weight is 506 g/mol. The van der Waals surface area contributed by atoms with E-state index in [1.807, 2.05) is 81.6 Å². The van der Waals surface area contributed by atoms with Crippen LogP contribution in [0.15, 0.2) is 66.0 Å². The summed E-state index contributed by atoms with van der Waals surface area (Å²) < 4.78 is 7.16. The number of para-hydroxylation sites is 1. The molecule has 1 N–H and O–H groups in total. The molecule has 0 bridgehead atoms. The van der Waals surface area contributed by atoms with Crippen LogP contribution in [-0.2, 0) is 16.1 Å².